The minimum Gasteiger partial charge on any atom is -0.550 e. The maximum Gasteiger partial charge on any atom is 0.0483 e. The van der Waals surface area contributed by atoms with E-state index in [1.807, 2.05) is 6.92 Å². The quantitative estimate of drug-likeness (QED) is 0.635. The minimum absolute atomic E-state index is 0. The molecular formula is C15H35O5Zr-. The Labute approximate surface area is 149 Å². The SMILES string of the molecule is CC(C)O.CC(C)O.CC(C)O.CCCCCC(=O)[O-].[Zr]. The average molecular weight is 387 g/mol. The van der Waals surface area contributed by atoms with Gasteiger partial charge in [-0.1, -0.05) is 19.8 Å². The molecule has 0 aromatic rings. The van der Waals surface area contributed by atoms with E-state index in [0.717, 1.165) is 19.3 Å². The van der Waals surface area contributed by atoms with Gasteiger partial charge in [0.2, 0.25) is 0 Å². The van der Waals surface area contributed by atoms with Crippen LogP contribution in [0.2, 0.25) is 0 Å². The Morgan fingerprint density at radius 2 is 1.10 bits per heavy atom. The number of unbranched alkanes of at least 4 members (excludes halogenated alkanes) is 2. The first kappa shape index (κ1) is 33.0. The largest absolute Gasteiger partial charge is 0.550 e. The molecule has 0 saturated carbocycles. The van der Waals surface area contributed by atoms with Crippen LogP contribution >= 0.6 is 0 Å². The van der Waals surface area contributed by atoms with Crippen LogP contribution in [0, 0.1) is 0 Å². The summed E-state index contributed by atoms with van der Waals surface area (Å²) in [5, 5.41) is 33.9. The minimum atomic E-state index is -0.932. The van der Waals surface area contributed by atoms with Crippen LogP contribution in [0.15, 0.2) is 0 Å². The molecule has 5 nitrogen and oxygen atoms in total. The zero-order chi connectivity index (χ0) is 17.1. The fourth-order valence-electron chi connectivity index (χ4n) is 0.519. The molecule has 0 spiro atoms. The number of hydrogen-bond donors (Lipinski definition) is 3. The number of hydrogen-bond acceptors (Lipinski definition) is 5. The molecule has 0 aliphatic heterocycles. The summed E-state index contributed by atoms with van der Waals surface area (Å²) in [5.74, 6) is -0.932. The molecule has 0 heterocycles. The number of carbonyl (C=O) groups excluding carboxylic acids is 1. The van der Waals surface area contributed by atoms with Gasteiger partial charge in [-0.25, -0.2) is 0 Å². The van der Waals surface area contributed by atoms with Crippen LogP contribution < -0.4 is 5.11 Å². The van der Waals surface area contributed by atoms with Gasteiger partial charge in [0, 0.05) is 50.5 Å². The Balaban J connectivity index is -0.0000000570. The van der Waals surface area contributed by atoms with E-state index in [0.29, 0.717) is 0 Å². The number of rotatable bonds is 4. The summed E-state index contributed by atoms with van der Waals surface area (Å²) in [4.78, 5) is 9.76. The van der Waals surface area contributed by atoms with Crippen LogP contribution in [-0.2, 0) is 31.0 Å². The van der Waals surface area contributed by atoms with Crippen LogP contribution in [-0.4, -0.2) is 39.6 Å². The third-order valence-corrected chi connectivity index (χ3v) is 0.984. The molecule has 0 aromatic heterocycles. The van der Waals surface area contributed by atoms with Crippen molar-refractivity contribution < 1.29 is 51.4 Å². The van der Waals surface area contributed by atoms with E-state index >= 15 is 0 Å². The van der Waals surface area contributed by atoms with Crippen LogP contribution in [0.4, 0.5) is 0 Å². The standard InChI is InChI=1S/C6H12O2.3C3H8O.Zr/c1-2-3-4-5-6(7)8;3*1-3(2)4;/h2-5H2,1H3,(H,7,8);3*3-4H,1-2H3;/p-1. The Hall–Kier alpha value is 0.233. The molecule has 0 aromatic carbocycles. The predicted octanol–water partition coefficient (Wildman–Crippen LogP) is 1.48. The summed E-state index contributed by atoms with van der Waals surface area (Å²) in [6, 6.07) is 0. The number of carbonyl (C=O) groups is 1. The summed E-state index contributed by atoms with van der Waals surface area (Å²) in [6.45, 7) is 12.4. The van der Waals surface area contributed by atoms with Gasteiger partial charge in [-0.05, 0) is 54.4 Å². The van der Waals surface area contributed by atoms with E-state index < -0.39 is 5.97 Å². The summed E-state index contributed by atoms with van der Waals surface area (Å²) >= 11 is 0. The molecule has 0 bridgehead atoms. The molecule has 0 atom stereocenters. The second-order valence-corrected chi connectivity index (χ2v) is 5.11. The van der Waals surface area contributed by atoms with E-state index in [-0.39, 0.29) is 50.9 Å². The maximum atomic E-state index is 9.76. The number of aliphatic hydroxyl groups is 3. The second kappa shape index (κ2) is 28.4. The van der Waals surface area contributed by atoms with Crippen molar-refractivity contribution >= 4 is 5.97 Å². The summed E-state index contributed by atoms with van der Waals surface area (Å²) in [6.07, 6.45) is 2.54. The zero-order valence-corrected chi connectivity index (χ0v) is 17.2. The first-order valence-corrected chi connectivity index (χ1v) is 7.21. The monoisotopic (exact) mass is 385 g/mol. The topological polar surface area (TPSA) is 101 Å². The third-order valence-electron chi connectivity index (χ3n) is 0.984. The van der Waals surface area contributed by atoms with Gasteiger partial charge in [-0.15, -0.1) is 0 Å². The van der Waals surface area contributed by atoms with Crippen LogP contribution in [0.3, 0.4) is 0 Å². The van der Waals surface area contributed by atoms with E-state index in [2.05, 4.69) is 0 Å². The fraction of sp³-hybridized carbons (Fsp3) is 0.933. The summed E-state index contributed by atoms with van der Waals surface area (Å²) in [5.41, 5.74) is 0. The van der Waals surface area contributed by atoms with E-state index in [4.69, 9.17) is 15.3 Å². The van der Waals surface area contributed by atoms with Crippen molar-refractivity contribution in [2.45, 2.75) is 92.5 Å². The number of aliphatic carboxylic acids is 1. The van der Waals surface area contributed by atoms with Crippen molar-refractivity contribution in [3.63, 3.8) is 0 Å². The van der Waals surface area contributed by atoms with Crippen molar-refractivity contribution in [2.75, 3.05) is 0 Å². The van der Waals surface area contributed by atoms with Crippen LogP contribution in [0.5, 0.6) is 0 Å². The van der Waals surface area contributed by atoms with Gasteiger partial charge in [0.05, 0.1) is 0 Å². The first-order valence-electron chi connectivity index (χ1n) is 7.21. The molecule has 0 fully saturated rings. The predicted molar refractivity (Wildman–Crippen MR) is 81.2 cm³/mol. The smallest absolute Gasteiger partial charge is 0.0483 e. The van der Waals surface area contributed by atoms with E-state index in [1.165, 1.54) is 0 Å². The number of carboxylic acids is 1. The van der Waals surface area contributed by atoms with Gasteiger partial charge in [0.1, 0.15) is 0 Å². The molecule has 6 heteroatoms. The summed E-state index contributed by atoms with van der Waals surface area (Å²) < 4.78 is 0. The Kier molecular flexibility index (Phi) is 44.6. The van der Waals surface area contributed by atoms with E-state index in [9.17, 15) is 9.90 Å². The zero-order valence-electron chi connectivity index (χ0n) is 14.7. The van der Waals surface area contributed by atoms with Crippen molar-refractivity contribution in [3.05, 3.63) is 0 Å². The number of aliphatic hydroxyl groups excluding tert-OH is 3. The molecule has 0 radical (unpaired) electrons. The fourth-order valence-corrected chi connectivity index (χ4v) is 0.519. The number of carboxylic acid groups (broad SMARTS) is 1. The van der Waals surface area contributed by atoms with Gasteiger partial charge in [-0.2, -0.15) is 0 Å². The molecular weight excluding hydrogens is 351 g/mol. The Morgan fingerprint density at radius 1 is 0.857 bits per heavy atom. The van der Waals surface area contributed by atoms with Crippen molar-refractivity contribution in [1.82, 2.24) is 0 Å². The molecule has 0 aliphatic rings. The second-order valence-electron chi connectivity index (χ2n) is 5.11. The van der Waals surface area contributed by atoms with Gasteiger partial charge < -0.3 is 25.2 Å². The maximum absolute atomic E-state index is 9.76. The molecule has 0 aliphatic carbocycles. The first-order chi connectivity index (χ1) is 8.97. The van der Waals surface area contributed by atoms with Gasteiger partial charge in [-0.3, -0.25) is 0 Å². The van der Waals surface area contributed by atoms with Gasteiger partial charge in [0.25, 0.3) is 0 Å². The van der Waals surface area contributed by atoms with Gasteiger partial charge in [0.15, 0.2) is 0 Å². The molecule has 0 amide bonds. The molecule has 130 valence electrons. The Bertz CT molecular complexity index is 151. The van der Waals surface area contributed by atoms with Gasteiger partial charge >= 0.3 is 0 Å². The van der Waals surface area contributed by atoms with E-state index in [1.54, 1.807) is 41.5 Å². The van der Waals surface area contributed by atoms with Crippen molar-refractivity contribution in [2.24, 2.45) is 0 Å². The van der Waals surface area contributed by atoms with Crippen LogP contribution in [0.1, 0.15) is 74.1 Å². The molecule has 0 rings (SSSR count). The Morgan fingerprint density at radius 3 is 1.24 bits per heavy atom. The molecule has 0 saturated heterocycles. The third kappa shape index (κ3) is 246. The molecule has 21 heavy (non-hydrogen) atoms. The average Bonchev–Trinajstić information content (AvgIpc) is 2.14. The summed E-state index contributed by atoms with van der Waals surface area (Å²) in [7, 11) is 0. The normalized spacial score (nSPS) is 8.62. The molecule has 3 N–H and O–H groups in total. The molecule has 0 unspecified atom stereocenters. The van der Waals surface area contributed by atoms with Crippen molar-refractivity contribution in [3.8, 4) is 0 Å². The van der Waals surface area contributed by atoms with Crippen LogP contribution in [0.25, 0.3) is 0 Å². The van der Waals surface area contributed by atoms with Crippen molar-refractivity contribution in [1.29, 1.82) is 0 Å².